The molecule has 64 heavy (non-hydrogen) atoms. The topological polar surface area (TPSA) is 207 Å². The number of fused-ring (bicyclic) bond motifs is 1. The zero-order valence-electron chi connectivity index (χ0n) is 40.4. The number of pyridine rings is 1. The summed E-state index contributed by atoms with van der Waals surface area (Å²) in [4.78, 5) is 71.7. The van der Waals surface area contributed by atoms with Gasteiger partial charge < -0.3 is 38.9 Å². The first-order valence-corrected chi connectivity index (χ1v) is 21.9. The summed E-state index contributed by atoms with van der Waals surface area (Å²) >= 11 is 0. The molecule has 16 nitrogen and oxygen atoms in total. The molecule has 2 N–H and O–H groups in total. The van der Waals surface area contributed by atoms with Gasteiger partial charge in [-0.2, -0.15) is 0 Å². The standard InChI is InChI=1S/C48H70N4O12/c1-44(2,3)39(53)58-27-31-33(61-41(55)46(7,8)9)34(62-42(56)47(10,11)12)35(63-43(57)48(13,14)15)38(60-31)64-37-32-29(23-25-50-36(32)52(51-37)26-16-24-49)20-17-28-18-21-30(22-19-28)59-40(54)45(4,5)6/h18-19,21-23,25,31,33-35,38H,16-17,20,24,26-27,49H2,1-15H3/t31-,33-,34+,35-,38+/m1/s1. The second-order valence-corrected chi connectivity index (χ2v) is 21.5. The summed E-state index contributed by atoms with van der Waals surface area (Å²) in [6, 6.07) is 9.15. The number of benzene rings is 1. The maximum Gasteiger partial charge on any atom is 0.316 e. The van der Waals surface area contributed by atoms with Gasteiger partial charge in [-0.3, -0.25) is 24.0 Å². The maximum atomic E-state index is 13.9. The Morgan fingerprint density at radius 1 is 0.656 bits per heavy atom. The van der Waals surface area contributed by atoms with Crippen molar-refractivity contribution in [2.75, 3.05) is 13.2 Å². The van der Waals surface area contributed by atoms with Crippen LogP contribution >= 0.6 is 0 Å². The van der Waals surface area contributed by atoms with Gasteiger partial charge in [0, 0.05) is 12.7 Å². The fraction of sp³-hybridized carbons (Fsp3) is 0.646. The summed E-state index contributed by atoms with van der Waals surface area (Å²) in [6.07, 6.45) is -4.06. The van der Waals surface area contributed by atoms with Crippen LogP contribution in [0.25, 0.3) is 11.0 Å². The lowest BCUT2D eigenvalue weighted by Gasteiger charge is -2.45. The molecule has 4 rings (SSSR count). The van der Waals surface area contributed by atoms with Crippen LogP contribution in [0.2, 0.25) is 0 Å². The highest BCUT2D eigenvalue weighted by molar-refractivity contribution is 5.85. The van der Waals surface area contributed by atoms with Crippen molar-refractivity contribution in [1.82, 2.24) is 14.8 Å². The molecule has 16 heteroatoms. The van der Waals surface area contributed by atoms with Crippen molar-refractivity contribution >= 4 is 40.9 Å². The fourth-order valence-corrected chi connectivity index (χ4v) is 5.97. The number of nitrogens with zero attached hydrogens (tertiary/aromatic N) is 3. The molecule has 1 aliphatic heterocycles. The first kappa shape index (κ1) is 51.5. The molecule has 0 spiro atoms. The van der Waals surface area contributed by atoms with Crippen molar-refractivity contribution in [3.05, 3.63) is 47.7 Å². The minimum Gasteiger partial charge on any atom is -0.462 e. The number of hydrogen-bond donors (Lipinski definition) is 1. The Bertz CT molecular complexity index is 2130. The van der Waals surface area contributed by atoms with Gasteiger partial charge >= 0.3 is 29.8 Å². The number of ether oxygens (including phenoxy) is 7. The summed E-state index contributed by atoms with van der Waals surface area (Å²) in [7, 11) is 0. The van der Waals surface area contributed by atoms with Crippen LogP contribution in [0.3, 0.4) is 0 Å². The molecule has 2 aromatic heterocycles. The molecule has 0 saturated carbocycles. The third-order valence-electron chi connectivity index (χ3n) is 10.1. The molecule has 3 heterocycles. The monoisotopic (exact) mass is 894 g/mol. The van der Waals surface area contributed by atoms with Crippen LogP contribution < -0.4 is 15.2 Å². The van der Waals surface area contributed by atoms with E-state index in [-0.39, 0.29) is 11.8 Å². The van der Waals surface area contributed by atoms with Gasteiger partial charge in [0.2, 0.25) is 18.3 Å². The van der Waals surface area contributed by atoms with Gasteiger partial charge in [0.25, 0.3) is 0 Å². The minimum atomic E-state index is -1.57. The van der Waals surface area contributed by atoms with Crippen molar-refractivity contribution in [3.63, 3.8) is 0 Å². The van der Waals surface area contributed by atoms with Crippen molar-refractivity contribution < 1.29 is 57.1 Å². The molecule has 1 fully saturated rings. The molecular weight excluding hydrogens is 825 g/mol. The van der Waals surface area contributed by atoms with Gasteiger partial charge in [0.15, 0.2) is 17.9 Å². The predicted octanol–water partition coefficient (Wildman–Crippen LogP) is 7.08. The molecule has 0 radical (unpaired) electrons. The van der Waals surface area contributed by atoms with Gasteiger partial charge in [-0.05, 0) is 159 Å². The van der Waals surface area contributed by atoms with Gasteiger partial charge in [-0.25, -0.2) is 9.67 Å². The van der Waals surface area contributed by atoms with Gasteiger partial charge in [0.1, 0.15) is 18.5 Å². The Balaban J connectivity index is 1.87. The summed E-state index contributed by atoms with van der Waals surface area (Å²) < 4.78 is 44.8. The quantitative estimate of drug-likeness (QED) is 0.0975. The van der Waals surface area contributed by atoms with Crippen LogP contribution in [0.5, 0.6) is 11.6 Å². The normalized spacial score (nSPS) is 19.7. The van der Waals surface area contributed by atoms with E-state index in [0.29, 0.717) is 49.1 Å². The van der Waals surface area contributed by atoms with Crippen LogP contribution in [0, 0.1) is 27.1 Å². The first-order valence-electron chi connectivity index (χ1n) is 21.9. The number of esters is 5. The molecule has 1 saturated heterocycles. The molecule has 1 aromatic carbocycles. The van der Waals surface area contributed by atoms with Gasteiger partial charge in [-0.15, -0.1) is 5.10 Å². The average Bonchev–Trinajstić information content (AvgIpc) is 3.53. The molecule has 0 bridgehead atoms. The summed E-state index contributed by atoms with van der Waals surface area (Å²) in [6.45, 7) is 25.7. The molecule has 354 valence electrons. The Kier molecular flexibility index (Phi) is 16.1. The lowest BCUT2D eigenvalue weighted by molar-refractivity contribution is -0.294. The van der Waals surface area contributed by atoms with Crippen LogP contribution in [-0.2, 0) is 67.0 Å². The van der Waals surface area contributed by atoms with Gasteiger partial charge in [-0.1, -0.05) is 12.1 Å². The van der Waals surface area contributed by atoms with Gasteiger partial charge in [0.05, 0.1) is 32.5 Å². The van der Waals surface area contributed by atoms with Crippen LogP contribution in [0.15, 0.2) is 36.5 Å². The van der Waals surface area contributed by atoms with Crippen LogP contribution in [-0.4, -0.2) is 88.5 Å². The van der Waals surface area contributed by atoms with E-state index in [1.54, 1.807) is 127 Å². The van der Waals surface area contributed by atoms with Crippen molar-refractivity contribution in [2.24, 2.45) is 32.8 Å². The van der Waals surface area contributed by atoms with E-state index in [4.69, 9.17) is 44.0 Å². The Hall–Kier alpha value is -5.09. The van der Waals surface area contributed by atoms with Crippen molar-refractivity contribution in [1.29, 1.82) is 0 Å². The lowest BCUT2D eigenvalue weighted by Crippen LogP contribution is -2.65. The summed E-state index contributed by atoms with van der Waals surface area (Å²) in [5, 5.41) is 5.38. The van der Waals surface area contributed by atoms with E-state index < -0.39 is 88.3 Å². The Morgan fingerprint density at radius 2 is 1.17 bits per heavy atom. The zero-order chi connectivity index (χ0) is 48.2. The van der Waals surface area contributed by atoms with E-state index >= 15 is 0 Å². The second kappa shape index (κ2) is 20.0. The third kappa shape index (κ3) is 13.5. The number of carbonyl (C=O) groups excluding carboxylic acids is 5. The van der Waals surface area contributed by atoms with Crippen LogP contribution in [0.4, 0.5) is 0 Å². The van der Waals surface area contributed by atoms with Crippen LogP contribution in [0.1, 0.15) is 121 Å². The predicted molar refractivity (Wildman–Crippen MR) is 238 cm³/mol. The molecule has 3 aromatic rings. The number of aryl methyl sites for hydroxylation is 3. The Morgan fingerprint density at radius 3 is 1.69 bits per heavy atom. The smallest absolute Gasteiger partial charge is 0.316 e. The number of nitrogens with two attached hydrogens (primary N) is 1. The fourth-order valence-electron chi connectivity index (χ4n) is 5.97. The SMILES string of the molecule is CC(C)(C)C(=O)OC[C@H]1O[C@@H](Oc2nn(CCCN)c3nccc(CCc4ccc(OC(=O)C(C)(C)C)cc4)c23)[C@H](OC(=O)C(C)(C)C)[C@@H](OC(=O)C(C)(C)C)[C@@H]1OC(=O)C(C)(C)C. The van der Waals surface area contributed by atoms with E-state index in [2.05, 4.69) is 4.98 Å². The van der Waals surface area contributed by atoms with E-state index in [1.807, 2.05) is 18.2 Å². The number of rotatable bonds is 14. The number of aromatic nitrogens is 3. The van der Waals surface area contributed by atoms with Crippen molar-refractivity contribution in [2.45, 2.75) is 160 Å². The second-order valence-electron chi connectivity index (χ2n) is 21.5. The first-order chi connectivity index (χ1) is 29.4. The van der Waals surface area contributed by atoms with E-state index in [0.717, 1.165) is 11.1 Å². The molecule has 5 atom stereocenters. The highest BCUT2D eigenvalue weighted by Crippen LogP contribution is 2.37. The summed E-state index contributed by atoms with van der Waals surface area (Å²) in [5.41, 5.74) is 3.48. The van der Waals surface area contributed by atoms with E-state index in [1.165, 1.54) is 0 Å². The zero-order valence-corrected chi connectivity index (χ0v) is 40.4. The largest absolute Gasteiger partial charge is 0.462 e. The molecular formula is C48H70N4O12. The highest BCUT2D eigenvalue weighted by atomic mass is 16.7. The summed E-state index contributed by atoms with van der Waals surface area (Å²) in [5.74, 6) is -2.46. The van der Waals surface area contributed by atoms with E-state index in [9.17, 15) is 24.0 Å². The maximum absolute atomic E-state index is 13.9. The minimum absolute atomic E-state index is 0.0674. The third-order valence-corrected chi connectivity index (χ3v) is 10.1. The molecule has 0 aliphatic carbocycles. The molecule has 0 amide bonds. The number of carbonyl (C=O) groups is 5. The lowest BCUT2D eigenvalue weighted by atomic mass is 9.93. The number of hydrogen-bond acceptors (Lipinski definition) is 15. The molecule has 0 unspecified atom stereocenters. The average molecular weight is 895 g/mol. The Labute approximate surface area is 377 Å². The van der Waals surface area contributed by atoms with Crippen molar-refractivity contribution in [3.8, 4) is 11.6 Å². The highest BCUT2D eigenvalue weighted by Gasteiger charge is 2.56. The molecule has 1 aliphatic rings.